The zero-order valence-electron chi connectivity index (χ0n) is 10.6. The van der Waals surface area contributed by atoms with Gasteiger partial charge in [-0.2, -0.15) is 0 Å². The lowest BCUT2D eigenvalue weighted by Gasteiger charge is -2.14. The molecule has 0 aliphatic rings. The fourth-order valence-corrected chi connectivity index (χ4v) is 3.06. The molecule has 1 heterocycles. The summed E-state index contributed by atoms with van der Waals surface area (Å²) in [4.78, 5) is 13.9. The van der Waals surface area contributed by atoms with Crippen molar-refractivity contribution in [3.63, 3.8) is 0 Å². The van der Waals surface area contributed by atoms with Gasteiger partial charge < -0.3 is 9.98 Å². The van der Waals surface area contributed by atoms with Crippen LogP contribution in [0.4, 0.5) is 5.69 Å². The van der Waals surface area contributed by atoms with Crippen LogP contribution in [0.2, 0.25) is 0 Å². The molecule has 0 aliphatic heterocycles. The van der Waals surface area contributed by atoms with Gasteiger partial charge in [-0.15, -0.1) is 0 Å². The number of para-hydroxylation sites is 1. The van der Waals surface area contributed by atoms with Crippen LogP contribution < -0.4 is 5.09 Å². The third-order valence-electron chi connectivity index (χ3n) is 2.73. The van der Waals surface area contributed by atoms with Crippen molar-refractivity contribution in [1.82, 2.24) is 4.98 Å². The molecule has 1 aromatic carbocycles. The molecule has 1 unspecified atom stereocenters. The summed E-state index contributed by atoms with van der Waals surface area (Å²) in [5.41, 5.74) is 1.76. The van der Waals surface area contributed by atoms with E-state index in [4.69, 9.17) is 0 Å². The molecule has 4 nitrogen and oxygen atoms in total. The first-order chi connectivity index (χ1) is 9.16. The van der Waals surface area contributed by atoms with Crippen LogP contribution in [-0.2, 0) is 11.0 Å². The molecule has 0 radical (unpaired) electrons. The first-order valence-electron chi connectivity index (χ1n) is 6.20. The predicted molar refractivity (Wildman–Crippen MR) is 77.3 cm³/mol. The van der Waals surface area contributed by atoms with Gasteiger partial charge in [0, 0.05) is 24.2 Å². The summed E-state index contributed by atoms with van der Waals surface area (Å²) in [5.74, 6) is 0. The minimum absolute atomic E-state index is 0.247. The topological polar surface area (TPSA) is 62.2 Å². The summed E-state index contributed by atoms with van der Waals surface area (Å²) in [5, 5.41) is 2.70. The van der Waals surface area contributed by atoms with Gasteiger partial charge in [0.2, 0.25) is 0 Å². The minimum Gasteiger partial charge on any atom is -0.329 e. The second kappa shape index (κ2) is 6.50. The normalized spacial score (nSPS) is 13.7. The Bertz CT molecular complexity index is 546. The average molecular weight is 276 g/mol. The molecular formula is C14H17N2O2P. The quantitative estimate of drug-likeness (QED) is 0.794. The summed E-state index contributed by atoms with van der Waals surface area (Å²) in [7, 11) is -3.32. The van der Waals surface area contributed by atoms with Crippen molar-refractivity contribution in [2.24, 2.45) is 0 Å². The second-order valence-electron chi connectivity index (χ2n) is 4.37. The summed E-state index contributed by atoms with van der Waals surface area (Å²) in [6.45, 7) is 0. The predicted octanol–water partition coefficient (Wildman–Crippen LogP) is 3.31. The molecule has 0 saturated carbocycles. The maximum absolute atomic E-state index is 12.0. The van der Waals surface area contributed by atoms with Crippen LogP contribution in [0.15, 0.2) is 54.9 Å². The lowest BCUT2D eigenvalue weighted by molar-refractivity contribution is 0.482. The fraction of sp³-hybridized carbons (Fsp3) is 0.214. The van der Waals surface area contributed by atoms with Gasteiger partial charge in [-0.25, -0.2) is 0 Å². The molecule has 5 heteroatoms. The highest BCUT2D eigenvalue weighted by molar-refractivity contribution is 7.59. The molecule has 1 aromatic heterocycles. The van der Waals surface area contributed by atoms with Gasteiger partial charge in [0.1, 0.15) is 0 Å². The number of aromatic nitrogens is 1. The number of hydrogen-bond acceptors (Lipinski definition) is 2. The van der Waals surface area contributed by atoms with Crippen molar-refractivity contribution >= 4 is 13.2 Å². The number of nitrogens with one attached hydrogen (secondary N) is 1. The Labute approximate surface area is 113 Å². The Kier molecular flexibility index (Phi) is 4.72. The highest BCUT2D eigenvalue weighted by Gasteiger charge is 2.17. The van der Waals surface area contributed by atoms with E-state index in [1.165, 1.54) is 0 Å². The van der Waals surface area contributed by atoms with E-state index in [0.29, 0.717) is 12.1 Å². The van der Waals surface area contributed by atoms with E-state index in [9.17, 15) is 9.46 Å². The van der Waals surface area contributed by atoms with Gasteiger partial charge >= 0.3 is 0 Å². The Hall–Kier alpha value is -1.64. The van der Waals surface area contributed by atoms with Crippen molar-refractivity contribution in [2.75, 3.05) is 11.2 Å². The lowest BCUT2D eigenvalue weighted by Crippen LogP contribution is -2.01. The van der Waals surface area contributed by atoms with Crippen molar-refractivity contribution in [3.8, 4) is 0 Å². The van der Waals surface area contributed by atoms with Crippen molar-refractivity contribution in [1.29, 1.82) is 0 Å². The first-order valence-corrected chi connectivity index (χ1v) is 8.04. The number of nitrogens with zero attached hydrogens (tertiary/aromatic N) is 1. The van der Waals surface area contributed by atoms with Gasteiger partial charge in [0.25, 0.3) is 7.52 Å². The van der Waals surface area contributed by atoms with E-state index in [2.05, 4.69) is 10.1 Å². The second-order valence-corrected chi connectivity index (χ2v) is 6.44. The molecule has 1 atom stereocenters. The van der Waals surface area contributed by atoms with Crippen LogP contribution in [0.25, 0.3) is 0 Å². The van der Waals surface area contributed by atoms with E-state index in [0.717, 1.165) is 12.0 Å². The highest BCUT2D eigenvalue weighted by Crippen LogP contribution is 2.41. The maximum Gasteiger partial charge on any atom is 0.291 e. The van der Waals surface area contributed by atoms with E-state index >= 15 is 0 Å². The monoisotopic (exact) mass is 276 g/mol. The molecule has 0 amide bonds. The largest absolute Gasteiger partial charge is 0.329 e. The van der Waals surface area contributed by atoms with E-state index in [1.54, 1.807) is 24.5 Å². The third kappa shape index (κ3) is 4.86. The van der Waals surface area contributed by atoms with Crippen LogP contribution in [-0.4, -0.2) is 16.0 Å². The number of rotatable bonds is 6. The van der Waals surface area contributed by atoms with Crippen LogP contribution >= 0.6 is 7.52 Å². The van der Waals surface area contributed by atoms with Gasteiger partial charge in [-0.05, 0) is 36.6 Å². The molecule has 2 rings (SSSR count). The lowest BCUT2D eigenvalue weighted by atomic mass is 10.2. The Morgan fingerprint density at radius 2 is 1.95 bits per heavy atom. The maximum atomic E-state index is 12.0. The minimum atomic E-state index is -3.32. The summed E-state index contributed by atoms with van der Waals surface area (Å²) < 4.78 is 12.0. The number of benzene rings is 1. The molecule has 0 aliphatic carbocycles. The van der Waals surface area contributed by atoms with Crippen molar-refractivity contribution in [2.45, 2.75) is 12.8 Å². The summed E-state index contributed by atoms with van der Waals surface area (Å²) >= 11 is 0. The van der Waals surface area contributed by atoms with Gasteiger partial charge in [-0.3, -0.25) is 9.55 Å². The SMILES string of the molecule is O=P(O)(CCCc1cccnc1)Nc1ccccc1. The number of hydrogen-bond donors (Lipinski definition) is 2. The van der Waals surface area contributed by atoms with Crippen molar-refractivity contribution in [3.05, 3.63) is 60.4 Å². The molecule has 0 bridgehead atoms. The zero-order valence-corrected chi connectivity index (χ0v) is 11.5. The Morgan fingerprint density at radius 3 is 2.63 bits per heavy atom. The Morgan fingerprint density at radius 1 is 1.16 bits per heavy atom. The average Bonchev–Trinajstić information content (AvgIpc) is 2.40. The molecular weight excluding hydrogens is 259 g/mol. The fourth-order valence-electron chi connectivity index (χ4n) is 1.81. The van der Waals surface area contributed by atoms with Gasteiger partial charge in [0.05, 0.1) is 0 Å². The number of pyridine rings is 1. The molecule has 0 saturated heterocycles. The van der Waals surface area contributed by atoms with Gasteiger partial charge in [0.15, 0.2) is 0 Å². The highest BCUT2D eigenvalue weighted by atomic mass is 31.2. The number of anilines is 1. The first kappa shape index (κ1) is 13.8. The summed E-state index contributed by atoms with van der Waals surface area (Å²) in [6, 6.07) is 12.9. The van der Waals surface area contributed by atoms with E-state index in [-0.39, 0.29) is 6.16 Å². The molecule has 2 aromatic rings. The molecule has 100 valence electrons. The number of aryl methyl sites for hydroxylation is 1. The van der Waals surface area contributed by atoms with Crippen molar-refractivity contribution < 1.29 is 9.46 Å². The summed E-state index contributed by atoms with van der Waals surface area (Å²) in [6.07, 6.45) is 5.16. The zero-order chi connectivity index (χ0) is 13.6. The van der Waals surface area contributed by atoms with Crippen LogP contribution in [0.5, 0.6) is 0 Å². The van der Waals surface area contributed by atoms with E-state index < -0.39 is 7.52 Å². The Balaban J connectivity index is 1.83. The van der Waals surface area contributed by atoms with Crippen LogP contribution in [0, 0.1) is 0 Å². The third-order valence-corrected chi connectivity index (χ3v) is 4.26. The standard InChI is InChI=1S/C14H17N2O2P/c17-19(18,16-14-8-2-1-3-9-14)11-5-7-13-6-4-10-15-12-13/h1-4,6,8-10,12H,5,7,11H2,(H2,16,17,18). The molecule has 0 spiro atoms. The van der Waals surface area contributed by atoms with Crippen LogP contribution in [0.1, 0.15) is 12.0 Å². The smallest absolute Gasteiger partial charge is 0.291 e. The molecule has 0 fully saturated rings. The molecule has 2 N–H and O–H groups in total. The van der Waals surface area contributed by atoms with Gasteiger partial charge in [-0.1, -0.05) is 24.3 Å². The van der Waals surface area contributed by atoms with Crippen LogP contribution in [0.3, 0.4) is 0 Å². The van der Waals surface area contributed by atoms with E-state index in [1.807, 2.05) is 30.3 Å². The molecule has 19 heavy (non-hydrogen) atoms.